The average Bonchev–Trinajstić information content (AvgIpc) is 1.91. The van der Waals surface area contributed by atoms with Crippen molar-refractivity contribution < 1.29 is 5.11 Å². The fraction of sp³-hybridized carbons (Fsp3) is 0.400. The molecule has 0 saturated carbocycles. The van der Waals surface area contributed by atoms with Crippen LogP contribution < -0.4 is 5.32 Å². The maximum Gasteiger partial charge on any atom is 0.120 e. The molecule has 1 aromatic carbocycles. The smallest absolute Gasteiger partial charge is 0.120 e. The minimum Gasteiger partial charge on any atom is -0.508 e. The third-order valence-electron chi connectivity index (χ3n) is 2.39. The van der Waals surface area contributed by atoms with Crippen LogP contribution in [0, 0.1) is 6.92 Å². The Morgan fingerprint density at radius 1 is 1.50 bits per heavy atom. The molecule has 2 heteroatoms. The van der Waals surface area contributed by atoms with Gasteiger partial charge in [-0.1, -0.05) is 12.1 Å². The molecule has 0 aromatic heterocycles. The van der Waals surface area contributed by atoms with Gasteiger partial charge in [-0.2, -0.15) is 0 Å². The summed E-state index contributed by atoms with van der Waals surface area (Å²) in [5.41, 5.74) is 2.14. The van der Waals surface area contributed by atoms with Crippen molar-refractivity contribution in [3.8, 4) is 5.75 Å². The number of rotatable bonds is 1. The number of aromatic hydroxyl groups is 1. The molecule has 1 heterocycles. The Kier molecular flexibility index (Phi) is 1.77. The monoisotopic (exact) mass is 163 g/mol. The normalized spacial score (nSPS) is 21.9. The molecule has 1 fully saturated rings. The Balaban J connectivity index is 2.31. The third kappa shape index (κ3) is 1.18. The van der Waals surface area contributed by atoms with Crippen LogP contribution in [0.4, 0.5) is 0 Å². The van der Waals surface area contributed by atoms with Crippen molar-refractivity contribution in [3.05, 3.63) is 29.3 Å². The lowest BCUT2D eigenvalue weighted by molar-refractivity contribution is 0.364. The number of nitrogens with one attached hydrogen (secondary N) is 1. The SMILES string of the molecule is Cc1ccc([C@H]2CCN2)c(O)c1. The minimum absolute atomic E-state index is 0.380. The molecule has 12 heavy (non-hydrogen) atoms. The van der Waals surface area contributed by atoms with Crippen LogP contribution in [0.5, 0.6) is 5.75 Å². The van der Waals surface area contributed by atoms with E-state index in [1.807, 2.05) is 25.1 Å². The highest BCUT2D eigenvalue weighted by atomic mass is 16.3. The number of hydrogen-bond donors (Lipinski definition) is 2. The standard InChI is InChI=1S/C10H13NO/c1-7-2-3-8(10(12)6-7)9-4-5-11-9/h2-3,6,9,11-12H,4-5H2,1H3/t9-/m1/s1. The molecular formula is C10H13NO. The van der Waals surface area contributed by atoms with E-state index in [-0.39, 0.29) is 0 Å². The summed E-state index contributed by atoms with van der Waals surface area (Å²) < 4.78 is 0. The van der Waals surface area contributed by atoms with Crippen molar-refractivity contribution in [1.82, 2.24) is 5.32 Å². The average molecular weight is 163 g/mol. The molecule has 0 bridgehead atoms. The molecule has 0 unspecified atom stereocenters. The van der Waals surface area contributed by atoms with Gasteiger partial charge in [-0.25, -0.2) is 0 Å². The Morgan fingerprint density at radius 2 is 2.25 bits per heavy atom. The van der Waals surface area contributed by atoms with E-state index in [4.69, 9.17) is 0 Å². The molecule has 64 valence electrons. The predicted molar refractivity (Wildman–Crippen MR) is 48.2 cm³/mol. The molecule has 2 rings (SSSR count). The van der Waals surface area contributed by atoms with Crippen molar-refractivity contribution in [3.63, 3.8) is 0 Å². The van der Waals surface area contributed by atoms with Crippen LogP contribution in [0.2, 0.25) is 0 Å². The first-order chi connectivity index (χ1) is 5.77. The van der Waals surface area contributed by atoms with Gasteiger partial charge in [-0.3, -0.25) is 0 Å². The second-order valence-electron chi connectivity index (χ2n) is 3.36. The highest BCUT2D eigenvalue weighted by molar-refractivity contribution is 5.38. The van der Waals surface area contributed by atoms with Gasteiger partial charge in [-0.15, -0.1) is 0 Å². The summed E-state index contributed by atoms with van der Waals surface area (Å²) in [6.07, 6.45) is 1.14. The lowest BCUT2D eigenvalue weighted by atomic mass is 9.96. The molecule has 0 aliphatic carbocycles. The minimum atomic E-state index is 0.380. The van der Waals surface area contributed by atoms with Gasteiger partial charge in [0.1, 0.15) is 5.75 Å². The third-order valence-corrected chi connectivity index (χ3v) is 2.39. The van der Waals surface area contributed by atoms with Crippen LogP contribution in [0.25, 0.3) is 0 Å². The summed E-state index contributed by atoms with van der Waals surface area (Å²) in [7, 11) is 0. The van der Waals surface area contributed by atoms with Gasteiger partial charge in [0.05, 0.1) is 0 Å². The van der Waals surface area contributed by atoms with Crippen molar-refractivity contribution >= 4 is 0 Å². The van der Waals surface area contributed by atoms with Gasteiger partial charge in [0, 0.05) is 11.6 Å². The lowest BCUT2D eigenvalue weighted by Crippen LogP contribution is -2.34. The van der Waals surface area contributed by atoms with Crippen molar-refractivity contribution in [2.45, 2.75) is 19.4 Å². The van der Waals surface area contributed by atoms with E-state index in [0.29, 0.717) is 11.8 Å². The molecule has 1 aliphatic rings. The Morgan fingerprint density at radius 3 is 2.75 bits per heavy atom. The molecule has 0 radical (unpaired) electrons. The maximum absolute atomic E-state index is 9.59. The summed E-state index contributed by atoms with van der Waals surface area (Å²) >= 11 is 0. The topological polar surface area (TPSA) is 32.3 Å². The Hall–Kier alpha value is -1.02. The molecule has 2 N–H and O–H groups in total. The Bertz CT molecular complexity index is 292. The van der Waals surface area contributed by atoms with E-state index in [9.17, 15) is 5.11 Å². The number of benzene rings is 1. The summed E-state index contributed by atoms with van der Waals surface area (Å²) in [6, 6.07) is 6.23. The Labute approximate surface area is 72.2 Å². The van der Waals surface area contributed by atoms with Gasteiger partial charge < -0.3 is 10.4 Å². The zero-order valence-electron chi connectivity index (χ0n) is 7.17. The van der Waals surface area contributed by atoms with E-state index in [2.05, 4.69) is 5.32 Å². The second-order valence-corrected chi connectivity index (χ2v) is 3.36. The quantitative estimate of drug-likeness (QED) is 0.661. The maximum atomic E-state index is 9.59. The first-order valence-corrected chi connectivity index (χ1v) is 4.30. The van der Waals surface area contributed by atoms with Crippen LogP contribution in [-0.4, -0.2) is 11.7 Å². The van der Waals surface area contributed by atoms with Crippen molar-refractivity contribution in [1.29, 1.82) is 0 Å². The number of phenolic OH excluding ortho intramolecular Hbond substituents is 1. The zero-order chi connectivity index (χ0) is 8.55. The summed E-state index contributed by atoms with van der Waals surface area (Å²) in [5, 5.41) is 12.8. The zero-order valence-corrected chi connectivity index (χ0v) is 7.17. The first-order valence-electron chi connectivity index (χ1n) is 4.30. The molecule has 1 atom stereocenters. The van der Waals surface area contributed by atoms with Crippen molar-refractivity contribution in [2.75, 3.05) is 6.54 Å². The number of aryl methyl sites for hydroxylation is 1. The van der Waals surface area contributed by atoms with E-state index in [0.717, 1.165) is 24.1 Å². The van der Waals surface area contributed by atoms with Gasteiger partial charge in [0.15, 0.2) is 0 Å². The summed E-state index contributed by atoms with van der Waals surface area (Å²) in [4.78, 5) is 0. The van der Waals surface area contributed by atoms with Crippen LogP contribution in [0.3, 0.4) is 0 Å². The predicted octanol–water partition coefficient (Wildman–Crippen LogP) is 1.74. The van der Waals surface area contributed by atoms with Crippen LogP contribution >= 0.6 is 0 Å². The molecule has 1 aliphatic heterocycles. The van der Waals surface area contributed by atoms with Crippen LogP contribution in [0.1, 0.15) is 23.6 Å². The van der Waals surface area contributed by atoms with E-state index in [1.165, 1.54) is 0 Å². The molecular weight excluding hydrogens is 150 g/mol. The van der Waals surface area contributed by atoms with E-state index in [1.54, 1.807) is 0 Å². The van der Waals surface area contributed by atoms with Crippen molar-refractivity contribution in [2.24, 2.45) is 0 Å². The van der Waals surface area contributed by atoms with E-state index >= 15 is 0 Å². The fourth-order valence-corrected chi connectivity index (χ4v) is 1.50. The fourth-order valence-electron chi connectivity index (χ4n) is 1.50. The van der Waals surface area contributed by atoms with Gasteiger partial charge in [0.2, 0.25) is 0 Å². The number of hydrogen-bond acceptors (Lipinski definition) is 2. The second kappa shape index (κ2) is 2.79. The van der Waals surface area contributed by atoms with Crippen LogP contribution in [0.15, 0.2) is 18.2 Å². The van der Waals surface area contributed by atoms with Gasteiger partial charge in [0.25, 0.3) is 0 Å². The highest BCUT2D eigenvalue weighted by Gasteiger charge is 2.20. The number of phenols is 1. The lowest BCUT2D eigenvalue weighted by Gasteiger charge is -2.28. The largest absolute Gasteiger partial charge is 0.508 e. The van der Waals surface area contributed by atoms with E-state index < -0.39 is 0 Å². The first kappa shape index (κ1) is 7.62. The highest BCUT2D eigenvalue weighted by Crippen LogP contribution is 2.30. The van der Waals surface area contributed by atoms with Gasteiger partial charge in [-0.05, 0) is 31.5 Å². The molecule has 0 amide bonds. The molecule has 2 nitrogen and oxygen atoms in total. The molecule has 0 spiro atoms. The van der Waals surface area contributed by atoms with Gasteiger partial charge >= 0.3 is 0 Å². The summed E-state index contributed by atoms with van der Waals surface area (Å²) in [6.45, 7) is 3.05. The molecule has 1 saturated heterocycles. The molecule has 1 aromatic rings. The van der Waals surface area contributed by atoms with Crippen LogP contribution in [-0.2, 0) is 0 Å². The summed E-state index contributed by atoms with van der Waals surface area (Å²) in [5.74, 6) is 0.423.